The van der Waals surface area contributed by atoms with Gasteiger partial charge in [-0.1, -0.05) is 0 Å². The fourth-order valence-corrected chi connectivity index (χ4v) is 0.465. The van der Waals surface area contributed by atoms with E-state index in [0.29, 0.717) is 0 Å². The summed E-state index contributed by atoms with van der Waals surface area (Å²) in [4.78, 5) is 14.7. The van der Waals surface area contributed by atoms with Crippen LogP contribution in [0.5, 0.6) is 0 Å². The Morgan fingerprint density at radius 1 is 1.70 bits per heavy atom. The van der Waals surface area contributed by atoms with Crippen molar-refractivity contribution in [2.75, 3.05) is 20.8 Å². The smallest absolute Gasteiger partial charge is 0.325 e. The lowest BCUT2D eigenvalue weighted by Gasteiger charge is -2.10. The van der Waals surface area contributed by atoms with Crippen molar-refractivity contribution in [2.24, 2.45) is 0 Å². The summed E-state index contributed by atoms with van der Waals surface area (Å²) in [7, 11) is 2.78. The third-order valence-electron chi connectivity index (χ3n) is 0.892. The summed E-state index contributed by atoms with van der Waals surface area (Å²) in [5, 5.41) is 8.41. The first kappa shape index (κ1) is 9.35. The standard InChI is InChI=1S/C5H11NO4/c1-9-3-4(5(7)8)6-10-2/h4,6H,3H2,1-2H3,(H,7,8). The molecule has 10 heavy (non-hydrogen) atoms. The molecule has 0 bridgehead atoms. The number of carboxylic acids is 1. The molecular weight excluding hydrogens is 138 g/mol. The van der Waals surface area contributed by atoms with Crippen molar-refractivity contribution < 1.29 is 19.5 Å². The van der Waals surface area contributed by atoms with Crippen molar-refractivity contribution in [1.29, 1.82) is 0 Å². The summed E-state index contributed by atoms with van der Waals surface area (Å²) in [5.41, 5.74) is 2.26. The monoisotopic (exact) mass is 149 g/mol. The molecule has 0 heterocycles. The van der Waals surface area contributed by atoms with Gasteiger partial charge in [-0.05, 0) is 0 Å². The molecule has 0 amide bonds. The fraction of sp³-hybridized carbons (Fsp3) is 0.800. The molecule has 0 radical (unpaired) electrons. The number of nitrogens with one attached hydrogen (secondary N) is 1. The lowest BCUT2D eigenvalue weighted by atomic mass is 10.3. The number of ether oxygens (including phenoxy) is 1. The second kappa shape index (κ2) is 5.16. The number of hydroxylamine groups is 1. The van der Waals surface area contributed by atoms with Crippen LogP contribution in [0.4, 0.5) is 0 Å². The van der Waals surface area contributed by atoms with Crippen LogP contribution in [0.25, 0.3) is 0 Å². The normalized spacial score (nSPS) is 13.0. The Balaban J connectivity index is 3.61. The van der Waals surface area contributed by atoms with Gasteiger partial charge < -0.3 is 14.7 Å². The van der Waals surface area contributed by atoms with E-state index in [1.807, 2.05) is 0 Å². The van der Waals surface area contributed by atoms with Crippen molar-refractivity contribution in [2.45, 2.75) is 6.04 Å². The lowest BCUT2D eigenvalue weighted by Crippen LogP contribution is -2.39. The molecule has 60 valence electrons. The van der Waals surface area contributed by atoms with Crippen molar-refractivity contribution in [3.63, 3.8) is 0 Å². The third kappa shape index (κ3) is 3.39. The van der Waals surface area contributed by atoms with Crippen molar-refractivity contribution >= 4 is 5.97 Å². The second-order valence-electron chi connectivity index (χ2n) is 1.67. The Hall–Kier alpha value is -0.650. The van der Waals surface area contributed by atoms with Crippen molar-refractivity contribution in [3.05, 3.63) is 0 Å². The van der Waals surface area contributed by atoms with E-state index in [4.69, 9.17) is 5.11 Å². The summed E-state index contributed by atoms with van der Waals surface area (Å²) in [5.74, 6) is -0.997. The van der Waals surface area contributed by atoms with Crippen LogP contribution in [-0.2, 0) is 14.4 Å². The molecule has 0 aliphatic carbocycles. The second-order valence-corrected chi connectivity index (χ2v) is 1.67. The summed E-state index contributed by atoms with van der Waals surface area (Å²) in [6, 6.07) is -0.796. The van der Waals surface area contributed by atoms with Gasteiger partial charge in [0, 0.05) is 7.11 Å². The molecule has 0 spiro atoms. The van der Waals surface area contributed by atoms with Crippen LogP contribution in [0.15, 0.2) is 0 Å². The number of rotatable bonds is 5. The van der Waals surface area contributed by atoms with E-state index in [1.54, 1.807) is 0 Å². The molecular formula is C5H11NO4. The first-order valence-corrected chi connectivity index (χ1v) is 2.72. The highest BCUT2D eigenvalue weighted by Gasteiger charge is 2.15. The predicted molar refractivity (Wildman–Crippen MR) is 33.4 cm³/mol. The van der Waals surface area contributed by atoms with Gasteiger partial charge in [-0.15, -0.1) is 0 Å². The Morgan fingerprint density at radius 2 is 2.30 bits per heavy atom. The van der Waals surface area contributed by atoms with E-state index in [2.05, 4.69) is 15.1 Å². The first-order valence-electron chi connectivity index (χ1n) is 2.72. The van der Waals surface area contributed by atoms with Crippen LogP contribution in [0, 0.1) is 0 Å². The maximum Gasteiger partial charge on any atom is 0.325 e. The van der Waals surface area contributed by atoms with Gasteiger partial charge >= 0.3 is 5.97 Å². The van der Waals surface area contributed by atoms with Gasteiger partial charge in [0.2, 0.25) is 0 Å². The van der Waals surface area contributed by atoms with Crippen LogP contribution < -0.4 is 5.48 Å². The minimum atomic E-state index is -0.997. The van der Waals surface area contributed by atoms with E-state index in [0.717, 1.165) is 0 Å². The van der Waals surface area contributed by atoms with Gasteiger partial charge in [0.1, 0.15) is 0 Å². The van der Waals surface area contributed by atoms with E-state index < -0.39 is 12.0 Å². The van der Waals surface area contributed by atoms with Crippen LogP contribution in [0.2, 0.25) is 0 Å². The average Bonchev–Trinajstić information content (AvgIpc) is 1.87. The molecule has 0 aromatic rings. The molecule has 2 N–H and O–H groups in total. The maximum absolute atomic E-state index is 10.3. The van der Waals surface area contributed by atoms with E-state index in [1.165, 1.54) is 14.2 Å². The van der Waals surface area contributed by atoms with Crippen LogP contribution in [0.1, 0.15) is 0 Å². The molecule has 5 heteroatoms. The van der Waals surface area contributed by atoms with Crippen LogP contribution in [-0.4, -0.2) is 37.9 Å². The highest BCUT2D eigenvalue weighted by atomic mass is 16.6. The highest BCUT2D eigenvalue weighted by Crippen LogP contribution is 1.83. The zero-order chi connectivity index (χ0) is 7.98. The van der Waals surface area contributed by atoms with Crippen LogP contribution >= 0.6 is 0 Å². The minimum Gasteiger partial charge on any atom is -0.480 e. The van der Waals surface area contributed by atoms with Crippen molar-refractivity contribution in [3.8, 4) is 0 Å². The number of carbonyl (C=O) groups is 1. The van der Waals surface area contributed by atoms with Gasteiger partial charge in [-0.3, -0.25) is 4.79 Å². The molecule has 0 saturated carbocycles. The summed E-state index contributed by atoms with van der Waals surface area (Å²) in [6.07, 6.45) is 0. The van der Waals surface area contributed by atoms with Gasteiger partial charge in [0.05, 0.1) is 13.7 Å². The quantitative estimate of drug-likeness (QED) is 0.503. The molecule has 0 aliphatic rings. The average molecular weight is 149 g/mol. The Labute approximate surface area is 58.9 Å². The highest BCUT2D eigenvalue weighted by molar-refractivity contribution is 5.73. The summed E-state index contributed by atoms with van der Waals surface area (Å²) < 4.78 is 4.59. The predicted octanol–water partition coefficient (Wildman–Crippen LogP) is -0.763. The maximum atomic E-state index is 10.3. The molecule has 0 aliphatic heterocycles. The molecule has 0 rings (SSSR count). The molecule has 0 fully saturated rings. The molecule has 0 saturated heterocycles. The first-order chi connectivity index (χ1) is 4.72. The van der Waals surface area contributed by atoms with Crippen LogP contribution in [0.3, 0.4) is 0 Å². The summed E-state index contributed by atoms with van der Waals surface area (Å²) >= 11 is 0. The van der Waals surface area contributed by atoms with Gasteiger partial charge in [-0.2, -0.15) is 5.48 Å². The summed E-state index contributed by atoms with van der Waals surface area (Å²) in [6.45, 7) is 0.0865. The topological polar surface area (TPSA) is 67.8 Å². The van der Waals surface area contributed by atoms with Crippen molar-refractivity contribution in [1.82, 2.24) is 5.48 Å². The van der Waals surface area contributed by atoms with Gasteiger partial charge in [0.25, 0.3) is 0 Å². The fourth-order valence-electron chi connectivity index (χ4n) is 0.465. The third-order valence-corrected chi connectivity index (χ3v) is 0.892. The SMILES string of the molecule is COCC(NOC)C(=O)O. The lowest BCUT2D eigenvalue weighted by molar-refractivity contribution is -0.145. The Morgan fingerprint density at radius 3 is 2.60 bits per heavy atom. The Kier molecular flexibility index (Phi) is 4.82. The van der Waals surface area contributed by atoms with E-state index in [9.17, 15) is 4.79 Å². The minimum absolute atomic E-state index is 0.0865. The molecule has 1 unspecified atom stereocenters. The molecule has 0 aromatic carbocycles. The number of methoxy groups -OCH3 is 1. The number of hydrogen-bond acceptors (Lipinski definition) is 4. The zero-order valence-electron chi connectivity index (χ0n) is 5.96. The van der Waals surface area contributed by atoms with Gasteiger partial charge in [-0.25, -0.2) is 0 Å². The van der Waals surface area contributed by atoms with E-state index in [-0.39, 0.29) is 6.61 Å². The molecule has 0 aromatic heterocycles. The van der Waals surface area contributed by atoms with E-state index >= 15 is 0 Å². The molecule has 1 atom stereocenters. The largest absolute Gasteiger partial charge is 0.480 e. The molecule has 5 nitrogen and oxygen atoms in total. The van der Waals surface area contributed by atoms with Gasteiger partial charge in [0.15, 0.2) is 6.04 Å². The number of hydrogen-bond donors (Lipinski definition) is 2. The number of aliphatic carboxylic acids is 1. The Bertz CT molecular complexity index is 99.8. The number of carboxylic acid groups (broad SMARTS) is 1. The zero-order valence-corrected chi connectivity index (χ0v) is 5.96.